The molecule has 5 heteroatoms. The van der Waals surface area contributed by atoms with Crippen LogP contribution in [-0.4, -0.2) is 33.5 Å². The van der Waals surface area contributed by atoms with Gasteiger partial charge in [0, 0.05) is 24.9 Å². The van der Waals surface area contributed by atoms with Gasteiger partial charge in [0.1, 0.15) is 0 Å². The van der Waals surface area contributed by atoms with Gasteiger partial charge in [-0.1, -0.05) is 13.8 Å². The van der Waals surface area contributed by atoms with Crippen molar-refractivity contribution in [2.45, 2.75) is 32.1 Å². The van der Waals surface area contributed by atoms with Crippen molar-refractivity contribution >= 4 is 21.3 Å². The van der Waals surface area contributed by atoms with Crippen molar-refractivity contribution in [1.29, 1.82) is 0 Å². The van der Waals surface area contributed by atoms with E-state index in [4.69, 9.17) is 0 Å². The fraction of sp³-hybridized carbons (Fsp3) is 0.533. The summed E-state index contributed by atoms with van der Waals surface area (Å²) in [6.07, 6.45) is 2.22. The second-order valence-corrected chi connectivity index (χ2v) is 8.33. The van der Waals surface area contributed by atoms with Crippen LogP contribution in [0.4, 0.5) is 5.69 Å². The summed E-state index contributed by atoms with van der Waals surface area (Å²) in [7, 11) is -3.30. The normalized spacial score (nSPS) is 18.3. The lowest BCUT2D eigenvalue weighted by molar-refractivity contribution is 0.101. The molecule has 1 aromatic carbocycles. The molecule has 0 amide bonds. The van der Waals surface area contributed by atoms with Gasteiger partial charge in [0.05, 0.1) is 10.6 Å². The molecule has 1 fully saturated rings. The number of anilines is 1. The Labute approximate surface area is 120 Å². The minimum Gasteiger partial charge on any atom is -0.370 e. The van der Waals surface area contributed by atoms with Crippen LogP contribution in [0.5, 0.6) is 0 Å². The third-order valence-corrected chi connectivity index (χ3v) is 4.93. The highest BCUT2D eigenvalue weighted by Gasteiger charge is 2.31. The molecule has 0 unspecified atom stereocenters. The van der Waals surface area contributed by atoms with E-state index in [1.165, 1.54) is 13.2 Å². The molecule has 1 aliphatic rings. The van der Waals surface area contributed by atoms with E-state index in [1.54, 1.807) is 18.2 Å². The molecule has 4 nitrogen and oxygen atoms in total. The van der Waals surface area contributed by atoms with Crippen LogP contribution in [0.3, 0.4) is 0 Å². The third kappa shape index (κ3) is 3.03. The Morgan fingerprint density at radius 3 is 2.40 bits per heavy atom. The number of sulfone groups is 1. The highest BCUT2D eigenvalue weighted by molar-refractivity contribution is 7.90. The first-order chi connectivity index (χ1) is 9.10. The van der Waals surface area contributed by atoms with E-state index in [-0.39, 0.29) is 11.2 Å². The minimum absolute atomic E-state index is 0.0511. The summed E-state index contributed by atoms with van der Waals surface area (Å²) >= 11 is 0. The zero-order valence-electron chi connectivity index (χ0n) is 12.4. The van der Waals surface area contributed by atoms with Gasteiger partial charge in [-0.2, -0.15) is 0 Å². The predicted molar refractivity (Wildman–Crippen MR) is 80.2 cm³/mol. The van der Waals surface area contributed by atoms with E-state index in [1.807, 2.05) is 0 Å². The lowest BCUT2D eigenvalue weighted by Gasteiger charge is -2.24. The highest BCUT2D eigenvalue weighted by Crippen LogP contribution is 2.36. The highest BCUT2D eigenvalue weighted by atomic mass is 32.2. The fourth-order valence-electron chi connectivity index (χ4n) is 2.62. The second-order valence-electron chi connectivity index (χ2n) is 6.35. The van der Waals surface area contributed by atoms with Gasteiger partial charge in [0.15, 0.2) is 15.6 Å². The number of rotatable bonds is 3. The Bertz CT molecular complexity index is 647. The summed E-state index contributed by atoms with van der Waals surface area (Å²) in [6.45, 7) is 7.45. The molecule has 0 bridgehead atoms. The molecule has 0 spiro atoms. The first-order valence-electron chi connectivity index (χ1n) is 6.70. The lowest BCUT2D eigenvalue weighted by Crippen LogP contribution is -2.24. The van der Waals surface area contributed by atoms with Gasteiger partial charge in [-0.25, -0.2) is 8.42 Å². The van der Waals surface area contributed by atoms with Crippen molar-refractivity contribution in [2.24, 2.45) is 5.41 Å². The van der Waals surface area contributed by atoms with E-state index in [0.717, 1.165) is 19.5 Å². The zero-order chi connectivity index (χ0) is 15.1. The molecule has 0 aromatic heterocycles. The molecule has 1 aromatic rings. The Hall–Kier alpha value is -1.36. The molecule has 0 aliphatic carbocycles. The number of benzene rings is 1. The molecular formula is C15H21NO3S. The van der Waals surface area contributed by atoms with Gasteiger partial charge >= 0.3 is 0 Å². The first kappa shape index (κ1) is 15.0. The quantitative estimate of drug-likeness (QED) is 0.804. The number of hydrogen-bond donors (Lipinski definition) is 0. The SMILES string of the molecule is CC(=O)c1ccc(S(C)(=O)=O)c(N2CCC(C)(C)C2)c1. The maximum atomic E-state index is 11.9. The molecule has 0 atom stereocenters. The average molecular weight is 295 g/mol. The minimum atomic E-state index is -3.30. The molecule has 2 rings (SSSR count). The molecule has 1 saturated heterocycles. The molecule has 0 saturated carbocycles. The van der Waals surface area contributed by atoms with E-state index in [9.17, 15) is 13.2 Å². The Morgan fingerprint density at radius 2 is 1.95 bits per heavy atom. The summed E-state index contributed by atoms with van der Waals surface area (Å²) in [5.74, 6) is -0.0511. The molecule has 0 N–H and O–H groups in total. The van der Waals surface area contributed by atoms with Crippen LogP contribution in [0.25, 0.3) is 0 Å². The maximum Gasteiger partial charge on any atom is 0.177 e. The van der Waals surface area contributed by atoms with E-state index in [2.05, 4.69) is 18.7 Å². The summed E-state index contributed by atoms with van der Waals surface area (Å²) < 4.78 is 23.9. The van der Waals surface area contributed by atoms with E-state index < -0.39 is 9.84 Å². The van der Waals surface area contributed by atoms with Crippen LogP contribution in [0.15, 0.2) is 23.1 Å². The number of ketones is 1. The second kappa shape index (κ2) is 4.88. The van der Waals surface area contributed by atoms with Crippen molar-refractivity contribution < 1.29 is 13.2 Å². The van der Waals surface area contributed by atoms with Crippen LogP contribution in [0, 0.1) is 5.41 Å². The van der Waals surface area contributed by atoms with Gasteiger partial charge in [0.25, 0.3) is 0 Å². The van der Waals surface area contributed by atoms with Gasteiger partial charge in [-0.3, -0.25) is 4.79 Å². The number of carbonyl (C=O) groups is 1. The number of hydrogen-bond acceptors (Lipinski definition) is 4. The molecular weight excluding hydrogens is 274 g/mol. The number of carbonyl (C=O) groups excluding carboxylic acids is 1. The standard InChI is InChI=1S/C15H21NO3S/c1-11(17)12-5-6-14(20(4,18)19)13(9-12)16-8-7-15(2,3)10-16/h5-6,9H,7-8,10H2,1-4H3. The van der Waals surface area contributed by atoms with Crippen molar-refractivity contribution in [3.63, 3.8) is 0 Å². The van der Waals surface area contributed by atoms with Crippen LogP contribution in [0.2, 0.25) is 0 Å². The Morgan fingerprint density at radius 1 is 1.30 bits per heavy atom. The number of nitrogens with zero attached hydrogens (tertiary/aromatic N) is 1. The van der Waals surface area contributed by atoms with E-state index in [0.29, 0.717) is 16.1 Å². The van der Waals surface area contributed by atoms with Crippen LogP contribution in [-0.2, 0) is 9.84 Å². The van der Waals surface area contributed by atoms with Gasteiger partial charge < -0.3 is 4.90 Å². The topological polar surface area (TPSA) is 54.5 Å². The van der Waals surface area contributed by atoms with Gasteiger partial charge in [-0.05, 0) is 37.0 Å². The molecule has 0 radical (unpaired) electrons. The molecule has 1 aliphatic heterocycles. The van der Waals surface area contributed by atoms with Crippen molar-refractivity contribution in [2.75, 3.05) is 24.2 Å². The van der Waals surface area contributed by atoms with Crippen molar-refractivity contribution in [3.05, 3.63) is 23.8 Å². The molecule has 1 heterocycles. The third-order valence-electron chi connectivity index (χ3n) is 3.78. The Balaban J connectivity index is 2.53. The van der Waals surface area contributed by atoms with Crippen molar-refractivity contribution in [3.8, 4) is 0 Å². The largest absolute Gasteiger partial charge is 0.370 e. The summed E-state index contributed by atoms with van der Waals surface area (Å²) in [5.41, 5.74) is 1.38. The number of Topliss-reactive ketones (excluding diaryl/α,β-unsaturated/α-hetero) is 1. The fourth-order valence-corrected chi connectivity index (χ4v) is 3.50. The van der Waals surface area contributed by atoms with Gasteiger partial charge in [-0.15, -0.1) is 0 Å². The monoisotopic (exact) mass is 295 g/mol. The first-order valence-corrected chi connectivity index (χ1v) is 8.59. The smallest absolute Gasteiger partial charge is 0.177 e. The van der Waals surface area contributed by atoms with Crippen LogP contribution < -0.4 is 4.90 Å². The molecule has 110 valence electrons. The zero-order valence-corrected chi connectivity index (χ0v) is 13.3. The summed E-state index contributed by atoms with van der Waals surface area (Å²) in [5, 5.41) is 0. The Kier molecular flexibility index (Phi) is 3.67. The van der Waals surface area contributed by atoms with Crippen LogP contribution >= 0.6 is 0 Å². The summed E-state index contributed by atoms with van der Waals surface area (Å²) in [6, 6.07) is 4.84. The maximum absolute atomic E-state index is 11.9. The lowest BCUT2D eigenvalue weighted by atomic mass is 9.93. The molecule has 20 heavy (non-hydrogen) atoms. The van der Waals surface area contributed by atoms with E-state index >= 15 is 0 Å². The summed E-state index contributed by atoms with van der Waals surface area (Å²) in [4.78, 5) is 13.9. The van der Waals surface area contributed by atoms with Gasteiger partial charge in [0.2, 0.25) is 0 Å². The average Bonchev–Trinajstić information content (AvgIpc) is 2.67. The predicted octanol–water partition coefficient (Wildman–Crippen LogP) is 2.53. The van der Waals surface area contributed by atoms with Crippen LogP contribution in [0.1, 0.15) is 37.6 Å². The van der Waals surface area contributed by atoms with Crippen molar-refractivity contribution in [1.82, 2.24) is 0 Å².